The second kappa shape index (κ2) is 10.9. The molecule has 9 nitrogen and oxygen atoms in total. The van der Waals surface area contributed by atoms with E-state index >= 15 is 0 Å². The van der Waals surface area contributed by atoms with Gasteiger partial charge < -0.3 is 24.2 Å². The number of benzene rings is 1. The number of hydrogen-bond donors (Lipinski definition) is 1. The number of methoxy groups -OCH3 is 2. The van der Waals surface area contributed by atoms with Gasteiger partial charge in [-0.25, -0.2) is 4.99 Å². The number of nitrogens with zero attached hydrogens (tertiary/aromatic N) is 3. The zero-order chi connectivity index (χ0) is 24.0. The second-order valence-electron chi connectivity index (χ2n) is 7.50. The van der Waals surface area contributed by atoms with Crippen molar-refractivity contribution in [2.75, 3.05) is 38.8 Å². The van der Waals surface area contributed by atoms with Crippen molar-refractivity contribution in [3.8, 4) is 17.6 Å². The van der Waals surface area contributed by atoms with Gasteiger partial charge in [0.2, 0.25) is 0 Å². The van der Waals surface area contributed by atoms with Gasteiger partial charge in [0.15, 0.2) is 16.7 Å². The van der Waals surface area contributed by atoms with Crippen LogP contribution in [-0.2, 0) is 25.6 Å². The first-order valence-corrected chi connectivity index (χ1v) is 12.9. The Morgan fingerprint density at radius 2 is 2.18 bits per heavy atom. The molecule has 3 unspecified atom stereocenters. The molecule has 3 rings (SSSR count). The molecule has 0 aliphatic carbocycles. The number of sulfone groups is 1. The van der Waals surface area contributed by atoms with Crippen LogP contribution < -0.4 is 14.8 Å². The minimum atomic E-state index is -3.07. The van der Waals surface area contributed by atoms with Crippen LogP contribution in [0.1, 0.15) is 5.56 Å². The van der Waals surface area contributed by atoms with Crippen molar-refractivity contribution in [1.82, 2.24) is 10.2 Å². The van der Waals surface area contributed by atoms with E-state index in [-0.39, 0.29) is 28.4 Å². The Kier molecular flexibility index (Phi) is 8.18. The third-order valence-corrected chi connectivity index (χ3v) is 8.58. The van der Waals surface area contributed by atoms with Crippen LogP contribution in [0.5, 0.6) is 11.5 Å². The minimum Gasteiger partial charge on any atom is -0.615 e. The maximum absolute atomic E-state index is 12.4. The third-order valence-electron chi connectivity index (χ3n) is 5.32. The fraction of sp³-hybridized carbons (Fsp3) is 0.409. The quantitative estimate of drug-likeness (QED) is 0.240. The lowest BCUT2D eigenvalue weighted by molar-refractivity contribution is -0.117. The van der Waals surface area contributed by atoms with Gasteiger partial charge in [-0.2, -0.15) is 5.26 Å². The fourth-order valence-electron chi connectivity index (χ4n) is 3.71. The predicted molar refractivity (Wildman–Crippen MR) is 128 cm³/mol. The Hall–Kier alpha value is -2.81. The predicted octanol–water partition coefficient (Wildman–Crippen LogP) is 1.74. The monoisotopic (exact) mass is 490 g/mol. The number of nitrogens with one attached hydrogen (secondary N) is 1. The molecule has 1 amide bonds. The Morgan fingerprint density at radius 3 is 2.85 bits per heavy atom. The van der Waals surface area contributed by atoms with Crippen molar-refractivity contribution in [1.29, 1.82) is 5.26 Å². The third kappa shape index (κ3) is 5.96. The topological polar surface area (TPSA) is 127 Å². The molecule has 1 aromatic carbocycles. The number of carbonyl (C=O) groups excluding carboxylic acids is 1. The van der Waals surface area contributed by atoms with E-state index in [1.54, 1.807) is 26.4 Å². The van der Waals surface area contributed by atoms with E-state index in [4.69, 9.17) is 9.47 Å². The maximum Gasteiger partial charge on any atom is 0.263 e. The van der Waals surface area contributed by atoms with Crippen molar-refractivity contribution in [2.45, 2.75) is 17.7 Å². The molecule has 2 aliphatic rings. The van der Waals surface area contributed by atoms with E-state index in [1.165, 1.54) is 18.0 Å². The summed E-state index contributed by atoms with van der Waals surface area (Å²) in [5.41, 5.74) is 0.818. The summed E-state index contributed by atoms with van der Waals surface area (Å²) in [5.74, 6) is 0.869. The molecule has 0 saturated carbocycles. The zero-order valence-corrected chi connectivity index (χ0v) is 20.1. The molecule has 1 N–H and O–H groups in total. The highest BCUT2D eigenvalue weighted by atomic mass is 32.3. The summed E-state index contributed by atoms with van der Waals surface area (Å²) in [5, 5.41) is 12.6. The number of aliphatic imine (C=N–C) groups is 1. The standard InChI is InChI=1S/C22H26N4O5S2/c1-4-9-26-17-13-33(28,29)14-20(17)32-22(26)25-12-16(11-23)21(27)24-8-7-15-5-6-18(30-2)19(10-15)31-3/h4-6,10,12,17,20H,1,7-9,13-14H2,2-3H3,(H-,24,27,28,29)/b16-12-,25-22?. The number of amides is 1. The molecule has 0 spiro atoms. The molecule has 176 valence electrons. The highest BCUT2D eigenvalue weighted by molar-refractivity contribution is 8.15. The van der Waals surface area contributed by atoms with E-state index in [0.29, 0.717) is 36.2 Å². The molecule has 3 atom stereocenters. The summed E-state index contributed by atoms with van der Waals surface area (Å²) in [4.78, 5) is 18.7. The van der Waals surface area contributed by atoms with E-state index in [2.05, 4.69) is 16.9 Å². The van der Waals surface area contributed by atoms with Crippen LogP contribution in [0.15, 0.2) is 47.6 Å². The molecule has 2 aliphatic heterocycles. The summed E-state index contributed by atoms with van der Waals surface area (Å²) in [6.07, 6.45) is 3.46. The van der Waals surface area contributed by atoms with Crippen LogP contribution in [0.4, 0.5) is 0 Å². The van der Waals surface area contributed by atoms with Gasteiger partial charge in [0.25, 0.3) is 5.91 Å². The van der Waals surface area contributed by atoms with Crippen LogP contribution in [-0.4, -0.2) is 70.6 Å². The van der Waals surface area contributed by atoms with Gasteiger partial charge in [0, 0.05) is 13.1 Å². The van der Waals surface area contributed by atoms with Gasteiger partial charge in [-0.1, -0.05) is 23.9 Å². The number of hydrogen-bond acceptors (Lipinski definition) is 8. The number of thioether (sulfide) groups is 1. The lowest BCUT2D eigenvalue weighted by Crippen LogP contribution is -2.37. The lowest BCUT2D eigenvalue weighted by atomic mass is 10.1. The largest absolute Gasteiger partial charge is 0.615 e. The first kappa shape index (κ1) is 24.8. The van der Waals surface area contributed by atoms with Gasteiger partial charge in [0.05, 0.1) is 41.9 Å². The molecule has 2 fully saturated rings. The van der Waals surface area contributed by atoms with E-state index in [1.807, 2.05) is 23.1 Å². The summed E-state index contributed by atoms with van der Waals surface area (Å²) < 4.78 is 34.4. The van der Waals surface area contributed by atoms with E-state index < -0.39 is 16.1 Å². The molecule has 2 heterocycles. The van der Waals surface area contributed by atoms with Crippen LogP contribution in [0.25, 0.3) is 0 Å². The summed E-state index contributed by atoms with van der Waals surface area (Å²) in [6, 6.07) is 7.21. The smallest absolute Gasteiger partial charge is 0.263 e. The van der Waals surface area contributed by atoms with Crippen molar-refractivity contribution in [2.24, 2.45) is 4.99 Å². The number of fused-ring (bicyclic) bond motifs is 1. The van der Waals surface area contributed by atoms with Gasteiger partial charge in [0.1, 0.15) is 23.1 Å². The second-order valence-corrected chi connectivity index (χ2v) is 10.9. The molecular weight excluding hydrogens is 464 g/mol. The molecule has 0 bridgehead atoms. The Labute approximate surface area is 198 Å². The maximum atomic E-state index is 12.4. The Morgan fingerprint density at radius 1 is 1.42 bits per heavy atom. The molecule has 0 radical (unpaired) electrons. The molecule has 2 saturated heterocycles. The first-order valence-electron chi connectivity index (χ1n) is 10.2. The Bertz CT molecular complexity index is 1070. The van der Waals surface area contributed by atoms with Crippen molar-refractivity contribution >= 4 is 33.1 Å². The van der Waals surface area contributed by atoms with Gasteiger partial charge in [-0.05, 0) is 24.1 Å². The Balaban J connectivity index is 1.62. The van der Waals surface area contributed by atoms with Crippen LogP contribution in [0.2, 0.25) is 0 Å². The summed E-state index contributed by atoms with van der Waals surface area (Å²) in [7, 11) is 0.0469. The van der Waals surface area contributed by atoms with Crippen LogP contribution in [0, 0.1) is 11.3 Å². The highest BCUT2D eigenvalue weighted by Crippen LogP contribution is 2.39. The summed E-state index contributed by atoms with van der Waals surface area (Å²) in [6.45, 7) is 4.49. The SMILES string of the molecule is C=CCN1C(=N/C=C(/C#N)C(=O)NCCc2ccc(OC)c(OC)c2)SC2C[S+](=O)([O-])CC21. The van der Waals surface area contributed by atoms with Crippen molar-refractivity contribution < 1.29 is 23.0 Å². The fourth-order valence-corrected chi connectivity index (χ4v) is 7.65. The number of nitriles is 1. The normalized spacial score (nSPS) is 25.5. The van der Waals surface area contributed by atoms with Crippen molar-refractivity contribution in [3.05, 3.63) is 48.2 Å². The van der Waals surface area contributed by atoms with E-state index in [9.17, 15) is 18.8 Å². The summed E-state index contributed by atoms with van der Waals surface area (Å²) >= 11 is 1.36. The van der Waals surface area contributed by atoms with Gasteiger partial charge in [-0.15, -0.1) is 10.8 Å². The molecular formula is C22H26N4O5S2. The first-order chi connectivity index (χ1) is 15.8. The van der Waals surface area contributed by atoms with Crippen LogP contribution in [0.3, 0.4) is 0 Å². The average molecular weight is 491 g/mol. The number of ether oxygens (including phenoxy) is 2. The van der Waals surface area contributed by atoms with Gasteiger partial charge >= 0.3 is 0 Å². The molecule has 1 aromatic rings. The van der Waals surface area contributed by atoms with E-state index in [0.717, 1.165) is 5.56 Å². The number of carbonyl (C=O) groups is 1. The molecule has 0 aromatic heterocycles. The van der Waals surface area contributed by atoms with Crippen LogP contribution >= 0.6 is 11.8 Å². The number of rotatable bonds is 9. The molecule has 33 heavy (non-hydrogen) atoms. The minimum absolute atomic E-state index is 0.0724. The lowest BCUT2D eigenvalue weighted by Gasteiger charge is -2.22. The zero-order valence-electron chi connectivity index (χ0n) is 18.5. The number of amidine groups is 1. The molecule has 11 heteroatoms. The van der Waals surface area contributed by atoms with Crippen molar-refractivity contribution in [3.63, 3.8) is 0 Å². The highest BCUT2D eigenvalue weighted by Gasteiger charge is 2.51. The van der Waals surface area contributed by atoms with Gasteiger partial charge in [-0.3, -0.25) is 4.79 Å². The average Bonchev–Trinajstić information content (AvgIpc) is 3.26.